The van der Waals surface area contributed by atoms with Crippen LogP contribution in [0.25, 0.3) is 22.0 Å². The molecular weight excluding hydrogens is 458 g/mol. The van der Waals surface area contributed by atoms with Crippen LogP contribution >= 0.6 is 23.2 Å². The van der Waals surface area contributed by atoms with Crippen LogP contribution < -0.4 is 5.32 Å². The lowest BCUT2D eigenvalue weighted by Gasteiger charge is -2.25. The number of aromatic amines is 1. The fourth-order valence-electron chi connectivity index (χ4n) is 4.81. The second-order valence-electron chi connectivity index (χ2n) is 8.71. The number of rotatable bonds is 6. The van der Waals surface area contributed by atoms with E-state index in [-0.39, 0.29) is 11.9 Å². The zero-order valence-corrected chi connectivity index (χ0v) is 19.6. The minimum atomic E-state index is -0.495. The molecule has 1 aliphatic rings. The second-order valence-corrected chi connectivity index (χ2v) is 9.59. The maximum Gasteiger partial charge on any atom is 0.147 e. The molecule has 2 unspecified atom stereocenters. The van der Waals surface area contributed by atoms with E-state index < -0.39 is 6.10 Å². The van der Waals surface area contributed by atoms with E-state index in [9.17, 15) is 9.50 Å². The summed E-state index contributed by atoms with van der Waals surface area (Å²) in [7, 11) is 0. The van der Waals surface area contributed by atoms with Gasteiger partial charge >= 0.3 is 0 Å². The lowest BCUT2D eigenvalue weighted by Crippen LogP contribution is -2.35. The highest BCUT2D eigenvalue weighted by atomic mass is 35.5. The molecule has 0 spiro atoms. The number of benzene rings is 3. The zero-order chi connectivity index (χ0) is 22.9. The molecule has 170 valence electrons. The van der Waals surface area contributed by atoms with Crippen molar-refractivity contribution in [1.82, 2.24) is 10.3 Å². The van der Waals surface area contributed by atoms with Crippen LogP contribution in [-0.2, 0) is 13.0 Å². The van der Waals surface area contributed by atoms with Crippen molar-refractivity contribution >= 4 is 34.1 Å². The van der Waals surface area contributed by atoms with Crippen molar-refractivity contribution in [3.8, 4) is 11.1 Å². The number of fused-ring (bicyclic) bond motifs is 3. The Labute approximate surface area is 202 Å². The Hall–Kier alpha value is -2.37. The fraction of sp³-hybridized carbons (Fsp3) is 0.259. The Morgan fingerprint density at radius 3 is 2.39 bits per heavy atom. The molecule has 3 aromatic carbocycles. The van der Waals surface area contributed by atoms with Crippen molar-refractivity contribution in [1.29, 1.82) is 0 Å². The minimum Gasteiger partial charge on any atom is -0.388 e. The van der Waals surface area contributed by atoms with Crippen LogP contribution in [-0.4, -0.2) is 16.1 Å². The fourth-order valence-corrected chi connectivity index (χ4v) is 5.06. The van der Waals surface area contributed by atoms with E-state index in [1.165, 1.54) is 6.07 Å². The van der Waals surface area contributed by atoms with E-state index >= 15 is 0 Å². The van der Waals surface area contributed by atoms with Crippen molar-refractivity contribution in [3.63, 3.8) is 0 Å². The van der Waals surface area contributed by atoms with Gasteiger partial charge in [-0.1, -0.05) is 53.5 Å². The number of H-pyrrole nitrogens is 1. The monoisotopic (exact) mass is 482 g/mol. The van der Waals surface area contributed by atoms with E-state index in [2.05, 4.69) is 10.3 Å². The molecule has 3 N–H and O–H groups in total. The predicted octanol–water partition coefficient (Wildman–Crippen LogP) is 7.20. The molecule has 1 aliphatic heterocycles. The van der Waals surface area contributed by atoms with Gasteiger partial charge in [0.15, 0.2) is 0 Å². The normalized spacial score (nSPS) is 16.7. The summed E-state index contributed by atoms with van der Waals surface area (Å²) in [5.74, 6) is -0.236. The zero-order valence-electron chi connectivity index (χ0n) is 18.0. The van der Waals surface area contributed by atoms with E-state index in [0.29, 0.717) is 28.5 Å². The van der Waals surface area contributed by atoms with Crippen molar-refractivity contribution in [2.24, 2.45) is 0 Å². The van der Waals surface area contributed by atoms with Crippen molar-refractivity contribution in [2.45, 2.75) is 44.4 Å². The molecule has 3 nitrogen and oxygen atoms in total. The summed E-state index contributed by atoms with van der Waals surface area (Å²) in [6.45, 7) is 0.684. The van der Waals surface area contributed by atoms with Crippen molar-refractivity contribution in [3.05, 3.63) is 93.3 Å². The molecule has 0 fully saturated rings. The third-order valence-electron chi connectivity index (χ3n) is 6.55. The van der Waals surface area contributed by atoms with Gasteiger partial charge in [0, 0.05) is 40.1 Å². The lowest BCUT2D eigenvalue weighted by molar-refractivity contribution is 0.162. The third kappa shape index (κ3) is 4.67. The molecule has 0 bridgehead atoms. The maximum atomic E-state index is 14.7. The average Bonchev–Trinajstić information content (AvgIpc) is 3.20. The summed E-state index contributed by atoms with van der Waals surface area (Å²) < 4.78 is 14.7. The van der Waals surface area contributed by atoms with Crippen LogP contribution in [0.3, 0.4) is 0 Å². The molecule has 0 radical (unpaired) electrons. The topological polar surface area (TPSA) is 48.0 Å². The first-order valence-corrected chi connectivity index (χ1v) is 12.0. The van der Waals surface area contributed by atoms with Gasteiger partial charge in [-0.05, 0) is 71.8 Å². The minimum absolute atomic E-state index is 0.236. The van der Waals surface area contributed by atoms with Crippen LogP contribution in [0.2, 0.25) is 10.0 Å². The quantitative estimate of drug-likeness (QED) is 0.272. The van der Waals surface area contributed by atoms with Crippen molar-refractivity contribution in [2.75, 3.05) is 0 Å². The van der Waals surface area contributed by atoms with Gasteiger partial charge < -0.3 is 15.4 Å². The highest BCUT2D eigenvalue weighted by Gasteiger charge is 2.25. The first-order valence-electron chi connectivity index (χ1n) is 11.2. The Morgan fingerprint density at radius 1 is 0.970 bits per heavy atom. The van der Waals surface area contributed by atoms with Gasteiger partial charge in [-0.3, -0.25) is 0 Å². The largest absolute Gasteiger partial charge is 0.388 e. The number of aliphatic hydroxyl groups excluding tert-OH is 1. The molecule has 4 aromatic rings. The van der Waals surface area contributed by atoms with Crippen LogP contribution in [0, 0.1) is 5.82 Å². The lowest BCUT2D eigenvalue weighted by atomic mass is 9.93. The number of hydrogen-bond acceptors (Lipinski definition) is 2. The molecule has 33 heavy (non-hydrogen) atoms. The summed E-state index contributed by atoms with van der Waals surface area (Å²) in [6.07, 6.45) is 2.83. The van der Waals surface area contributed by atoms with Crippen molar-refractivity contribution < 1.29 is 9.50 Å². The summed E-state index contributed by atoms with van der Waals surface area (Å²) in [5, 5.41) is 16.4. The summed E-state index contributed by atoms with van der Waals surface area (Å²) in [4.78, 5) is 3.36. The molecule has 6 heteroatoms. The average molecular weight is 483 g/mol. The number of aliphatic hydroxyl groups is 1. The van der Waals surface area contributed by atoms with E-state index in [0.717, 1.165) is 52.6 Å². The molecule has 0 amide bonds. The van der Waals surface area contributed by atoms with E-state index in [4.69, 9.17) is 23.2 Å². The van der Waals surface area contributed by atoms with Crippen LogP contribution in [0.5, 0.6) is 0 Å². The smallest absolute Gasteiger partial charge is 0.147 e. The molecular formula is C27H25Cl2FN2O. The van der Waals surface area contributed by atoms with Crippen LogP contribution in [0.4, 0.5) is 4.39 Å². The van der Waals surface area contributed by atoms with Gasteiger partial charge in [0.1, 0.15) is 5.82 Å². The molecule has 0 saturated carbocycles. The molecule has 0 aliphatic carbocycles. The number of hydrogen-bond donors (Lipinski definition) is 3. The Morgan fingerprint density at radius 2 is 1.67 bits per heavy atom. The van der Waals surface area contributed by atoms with Gasteiger partial charge in [0.25, 0.3) is 0 Å². The number of aromatic nitrogens is 1. The van der Waals surface area contributed by atoms with Gasteiger partial charge in [0.05, 0.1) is 11.6 Å². The number of nitrogens with one attached hydrogen (secondary N) is 2. The SMILES string of the molecule is OC(CCCC1Cc2[nH]c3c(F)ccc(-c4ccc(Cl)cc4)c3c2CN1)c1ccc(Cl)cc1. The summed E-state index contributed by atoms with van der Waals surface area (Å²) in [6, 6.07) is 18.7. The van der Waals surface area contributed by atoms with Crippen LogP contribution in [0.1, 0.15) is 42.2 Å². The summed E-state index contributed by atoms with van der Waals surface area (Å²) >= 11 is 12.0. The van der Waals surface area contributed by atoms with Gasteiger partial charge in [-0.15, -0.1) is 0 Å². The number of halogens is 3. The highest BCUT2D eigenvalue weighted by molar-refractivity contribution is 6.30. The standard InChI is InChI=1S/C27H25Cl2FN2O/c28-18-8-4-16(5-9-18)21-12-13-23(30)27-26(21)22-15-31-20(14-24(22)32-27)2-1-3-25(33)17-6-10-19(29)11-7-17/h4-13,20,25,31-33H,1-3,14-15H2. The van der Waals surface area contributed by atoms with Gasteiger partial charge in [0.2, 0.25) is 0 Å². The molecule has 2 atom stereocenters. The Balaban J connectivity index is 1.31. The van der Waals surface area contributed by atoms with Crippen LogP contribution in [0.15, 0.2) is 60.7 Å². The first-order chi connectivity index (χ1) is 16.0. The maximum absolute atomic E-state index is 14.7. The highest BCUT2D eigenvalue weighted by Crippen LogP contribution is 2.37. The van der Waals surface area contributed by atoms with Gasteiger partial charge in [-0.2, -0.15) is 0 Å². The molecule has 2 heterocycles. The van der Waals surface area contributed by atoms with E-state index in [1.54, 1.807) is 12.1 Å². The second kappa shape index (κ2) is 9.47. The Kier molecular flexibility index (Phi) is 6.44. The Bertz CT molecular complexity index is 1270. The molecule has 5 rings (SSSR count). The van der Waals surface area contributed by atoms with E-state index in [1.807, 2.05) is 42.5 Å². The predicted molar refractivity (Wildman–Crippen MR) is 133 cm³/mol. The summed E-state index contributed by atoms with van der Waals surface area (Å²) in [5.41, 5.74) is 5.70. The third-order valence-corrected chi connectivity index (χ3v) is 7.06. The first kappa shape index (κ1) is 22.4. The molecule has 0 saturated heterocycles. The molecule has 1 aromatic heterocycles. The van der Waals surface area contributed by atoms with Gasteiger partial charge in [-0.25, -0.2) is 4.39 Å².